The number of hydrogen-bond acceptors (Lipinski definition) is 6. The smallest absolute Gasteiger partial charge is 0.229 e. The molecular formula is C19H26N4O2. The molecule has 0 amide bonds. The molecule has 6 heteroatoms. The first-order chi connectivity index (χ1) is 12.2. The van der Waals surface area contributed by atoms with Gasteiger partial charge in [0.2, 0.25) is 5.95 Å². The number of aryl methyl sites for hydroxylation is 1. The number of anilines is 3. The maximum absolute atomic E-state index is 5.44. The van der Waals surface area contributed by atoms with Crippen molar-refractivity contribution < 1.29 is 9.47 Å². The van der Waals surface area contributed by atoms with Crippen LogP contribution in [0.5, 0.6) is 11.5 Å². The number of aromatic nitrogens is 2. The van der Waals surface area contributed by atoms with Gasteiger partial charge in [0.05, 0.1) is 19.9 Å². The van der Waals surface area contributed by atoms with E-state index < -0.39 is 0 Å². The van der Waals surface area contributed by atoms with E-state index in [2.05, 4.69) is 21.3 Å². The van der Waals surface area contributed by atoms with Crippen LogP contribution in [0.3, 0.4) is 0 Å². The third-order valence-electron chi connectivity index (χ3n) is 4.43. The molecule has 0 bridgehead atoms. The van der Waals surface area contributed by atoms with Crippen LogP contribution in [-0.2, 0) is 0 Å². The summed E-state index contributed by atoms with van der Waals surface area (Å²) in [5, 5.41) is 3.28. The average Bonchev–Trinajstić information content (AvgIpc) is 2.91. The minimum atomic E-state index is 0.586. The lowest BCUT2D eigenvalue weighted by atomic mass is 10.2. The molecule has 1 N–H and O–H groups in total. The highest BCUT2D eigenvalue weighted by Gasteiger charge is 2.14. The van der Waals surface area contributed by atoms with Gasteiger partial charge < -0.3 is 19.7 Å². The highest BCUT2D eigenvalue weighted by molar-refractivity contribution is 5.65. The molecule has 1 aliphatic rings. The van der Waals surface area contributed by atoms with E-state index in [9.17, 15) is 0 Å². The SMILES string of the molecule is COc1ccc(Nc2nc(C)cc(N3CCCCCC3)n2)c(OC)c1. The number of nitrogens with zero attached hydrogens (tertiary/aromatic N) is 3. The Morgan fingerprint density at radius 1 is 0.960 bits per heavy atom. The Kier molecular flexibility index (Phi) is 5.58. The Labute approximate surface area is 149 Å². The molecule has 0 radical (unpaired) electrons. The Morgan fingerprint density at radius 3 is 2.40 bits per heavy atom. The second-order valence-corrected chi connectivity index (χ2v) is 6.28. The second kappa shape index (κ2) is 8.05. The van der Waals surface area contributed by atoms with Crippen LogP contribution in [0.1, 0.15) is 31.4 Å². The summed E-state index contributed by atoms with van der Waals surface area (Å²) in [6, 6.07) is 7.70. The predicted octanol–water partition coefficient (Wildman–Crippen LogP) is 3.93. The van der Waals surface area contributed by atoms with Gasteiger partial charge in [-0.15, -0.1) is 0 Å². The molecule has 3 rings (SSSR count). The van der Waals surface area contributed by atoms with Gasteiger partial charge >= 0.3 is 0 Å². The zero-order valence-electron chi connectivity index (χ0n) is 15.2. The van der Waals surface area contributed by atoms with Gasteiger partial charge in [0.25, 0.3) is 0 Å². The molecule has 1 aromatic carbocycles. The van der Waals surface area contributed by atoms with Crippen molar-refractivity contribution in [3.05, 3.63) is 30.0 Å². The first kappa shape index (κ1) is 17.3. The van der Waals surface area contributed by atoms with Crippen molar-refractivity contribution in [1.29, 1.82) is 0 Å². The van der Waals surface area contributed by atoms with Crippen molar-refractivity contribution in [2.45, 2.75) is 32.6 Å². The van der Waals surface area contributed by atoms with Crippen LogP contribution in [0.15, 0.2) is 24.3 Å². The van der Waals surface area contributed by atoms with Crippen LogP contribution < -0.4 is 19.7 Å². The number of benzene rings is 1. The van der Waals surface area contributed by atoms with Gasteiger partial charge in [-0.1, -0.05) is 12.8 Å². The summed E-state index contributed by atoms with van der Waals surface area (Å²) in [5.74, 6) is 3.02. The largest absolute Gasteiger partial charge is 0.497 e. The van der Waals surface area contributed by atoms with Crippen LogP contribution >= 0.6 is 0 Å². The number of rotatable bonds is 5. The van der Waals surface area contributed by atoms with E-state index in [0.29, 0.717) is 11.7 Å². The lowest BCUT2D eigenvalue weighted by Crippen LogP contribution is -2.25. The molecule has 2 aromatic rings. The first-order valence-corrected chi connectivity index (χ1v) is 8.79. The highest BCUT2D eigenvalue weighted by Crippen LogP contribution is 2.31. The number of ether oxygens (including phenoxy) is 2. The van der Waals surface area contributed by atoms with Crippen molar-refractivity contribution >= 4 is 17.5 Å². The molecule has 0 saturated carbocycles. The summed E-state index contributed by atoms with van der Waals surface area (Å²) in [5.41, 5.74) is 1.76. The molecule has 0 spiro atoms. The topological polar surface area (TPSA) is 59.5 Å². The summed E-state index contributed by atoms with van der Waals surface area (Å²) >= 11 is 0. The molecule has 6 nitrogen and oxygen atoms in total. The van der Waals surface area contributed by atoms with Crippen LogP contribution in [0.2, 0.25) is 0 Å². The predicted molar refractivity (Wildman–Crippen MR) is 100 cm³/mol. The molecule has 1 aliphatic heterocycles. The van der Waals surface area contributed by atoms with Gasteiger partial charge in [0, 0.05) is 30.9 Å². The van der Waals surface area contributed by atoms with Gasteiger partial charge in [-0.25, -0.2) is 4.98 Å². The minimum Gasteiger partial charge on any atom is -0.497 e. The summed E-state index contributed by atoms with van der Waals surface area (Å²) in [7, 11) is 3.28. The Balaban J connectivity index is 1.85. The van der Waals surface area contributed by atoms with E-state index in [-0.39, 0.29) is 0 Å². The third kappa shape index (κ3) is 4.32. The average molecular weight is 342 g/mol. The number of hydrogen-bond donors (Lipinski definition) is 1. The lowest BCUT2D eigenvalue weighted by Gasteiger charge is -2.22. The van der Waals surface area contributed by atoms with E-state index >= 15 is 0 Å². The molecule has 1 aromatic heterocycles. The zero-order chi connectivity index (χ0) is 17.6. The second-order valence-electron chi connectivity index (χ2n) is 6.28. The van der Waals surface area contributed by atoms with Crippen molar-refractivity contribution in [2.24, 2.45) is 0 Å². The molecule has 1 fully saturated rings. The number of methoxy groups -OCH3 is 2. The minimum absolute atomic E-state index is 0.586. The number of nitrogens with one attached hydrogen (secondary N) is 1. The fourth-order valence-electron chi connectivity index (χ4n) is 3.09. The summed E-state index contributed by atoms with van der Waals surface area (Å²) in [4.78, 5) is 11.6. The monoisotopic (exact) mass is 342 g/mol. The van der Waals surface area contributed by atoms with Crippen molar-refractivity contribution in [3.8, 4) is 11.5 Å². The standard InChI is InChI=1S/C19H26N4O2/c1-14-12-18(23-10-6-4-5-7-11-23)22-19(20-14)21-16-9-8-15(24-2)13-17(16)25-3/h8-9,12-13H,4-7,10-11H2,1-3H3,(H,20,21,22). The fraction of sp³-hybridized carbons (Fsp3) is 0.474. The van der Waals surface area contributed by atoms with Crippen LogP contribution in [0, 0.1) is 6.92 Å². The van der Waals surface area contributed by atoms with E-state index in [1.54, 1.807) is 14.2 Å². The molecule has 0 atom stereocenters. The summed E-state index contributed by atoms with van der Waals surface area (Å²) in [6.07, 6.45) is 5.04. The fourth-order valence-corrected chi connectivity index (χ4v) is 3.09. The maximum Gasteiger partial charge on any atom is 0.229 e. The van der Waals surface area contributed by atoms with E-state index in [1.807, 2.05) is 25.1 Å². The van der Waals surface area contributed by atoms with Gasteiger partial charge in [-0.2, -0.15) is 4.98 Å². The van der Waals surface area contributed by atoms with E-state index in [0.717, 1.165) is 36.0 Å². The normalized spacial score (nSPS) is 14.8. The summed E-state index contributed by atoms with van der Waals surface area (Å²) in [6.45, 7) is 4.11. The Hall–Kier alpha value is -2.50. The van der Waals surface area contributed by atoms with E-state index in [4.69, 9.17) is 14.5 Å². The van der Waals surface area contributed by atoms with Crippen LogP contribution in [0.4, 0.5) is 17.5 Å². The molecule has 1 saturated heterocycles. The molecule has 134 valence electrons. The van der Waals surface area contributed by atoms with Gasteiger partial charge in [-0.05, 0) is 31.9 Å². The van der Waals surface area contributed by atoms with Crippen LogP contribution in [-0.4, -0.2) is 37.3 Å². The van der Waals surface area contributed by atoms with Crippen molar-refractivity contribution in [2.75, 3.05) is 37.5 Å². The third-order valence-corrected chi connectivity index (χ3v) is 4.43. The lowest BCUT2D eigenvalue weighted by molar-refractivity contribution is 0.395. The van der Waals surface area contributed by atoms with Crippen molar-refractivity contribution in [1.82, 2.24) is 9.97 Å². The zero-order valence-corrected chi connectivity index (χ0v) is 15.2. The van der Waals surface area contributed by atoms with Crippen molar-refractivity contribution in [3.63, 3.8) is 0 Å². The molecule has 0 aliphatic carbocycles. The Bertz CT molecular complexity index is 713. The molecule has 2 heterocycles. The summed E-state index contributed by atoms with van der Waals surface area (Å²) < 4.78 is 10.7. The van der Waals surface area contributed by atoms with Gasteiger partial charge in [0.1, 0.15) is 17.3 Å². The van der Waals surface area contributed by atoms with E-state index in [1.165, 1.54) is 25.7 Å². The van der Waals surface area contributed by atoms with Crippen LogP contribution in [0.25, 0.3) is 0 Å². The first-order valence-electron chi connectivity index (χ1n) is 8.79. The molecule has 0 unspecified atom stereocenters. The van der Waals surface area contributed by atoms with Gasteiger partial charge in [-0.3, -0.25) is 0 Å². The Morgan fingerprint density at radius 2 is 1.72 bits per heavy atom. The van der Waals surface area contributed by atoms with Gasteiger partial charge in [0.15, 0.2) is 0 Å². The molecule has 25 heavy (non-hydrogen) atoms. The quantitative estimate of drug-likeness (QED) is 0.888. The molecular weight excluding hydrogens is 316 g/mol. The highest BCUT2D eigenvalue weighted by atomic mass is 16.5. The maximum atomic E-state index is 5.44.